The summed E-state index contributed by atoms with van der Waals surface area (Å²) < 4.78 is 40.5. The minimum Gasteiger partial charge on any atom is -0.378 e. The molecule has 0 bridgehead atoms. The van der Waals surface area contributed by atoms with E-state index >= 15 is 0 Å². The molecule has 1 aliphatic rings. The Balaban J connectivity index is 1.76. The maximum Gasteiger partial charge on any atom is 0.417 e. The number of nitriles is 1. The molecule has 1 aromatic heterocycles. The second-order valence-electron chi connectivity index (χ2n) is 5.72. The monoisotopic (exact) mass is 335 g/mol. The lowest BCUT2D eigenvalue weighted by molar-refractivity contribution is -0.137. The van der Waals surface area contributed by atoms with E-state index in [2.05, 4.69) is 20.1 Å². The van der Waals surface area contributed by atoms with Gasteiger partial charge in [-0.25, -0.2) is 0 Å². The van der Waals surface area contributed by atoms with Gasteiger partial charge in [0.25, 0.3) is 0 Å². The van der Waals surface area contributed by atoms with E-state index in [9.17, 15) is 13.2 Å². The number of rotatable bonds is 3. The summed E-state index contributed by atoms with van der Waals surface area (Å²) in [6.07, 6.45) is -0.326. The van der Waals surface area contributed by atoms with Crippen molar-refractivity contribution < 1.29 is 13.2 Å². The Bertz CT molecular complexity index is 773. The third-order valence-electron chi connectivity index (χ3n) is 4.08. The minimum atomic E-state index is -4.53. The molecule has 0 amide bonds. The van der Waals surface area contributed by atoms with E-state index < -0.39 is 17.3 Å². The molecule has 0 saturated carbocycles. The van der Waals surface area contributed by atoms with Gasteiger partial charge < -0.3 is 9.88 Å². The summed E-state index contributed by atoms with van der Waals surface area (Å²) in [6.45, 7) is 1.21. The largest absolute Gasteiger partial charge is 0.417 e. The van der Waals surface area contributed by atoms with Crippen molar-refractivity contribution in [2.45, 2.75) is 44.9 Å². The first-order valence-electron chi connectivity index (χ1n) is 7.75. The van der Waals surface area contributed by atoms with Crippen LogP contribution in [0.4, 0.5) is 18.9 Å². The average molecular weight is 335 g/mol. The van der Waals surface area contributed by atoms with E-state index in [1.54, 1.807) is 6.07 Å². The maximum atomic E-state index is 12.8. The van der Waals surface area contributed by atoms with Crippen molar-refractivity contribution in [2.24, 2.45) is 0 Å². The van der Waals surface area contributed by atoms with E-state index in [0.29, 0.717) is 12.2 Å². The molecule has 0 aliphatic carbocycles. The van der Waals surface area contributed by atoms with Gasteiger partial charge in [-0.05, 0) is 31.0 Å². The molecule has 0 unspecified atom stereocenters. The van der Waals surface area contributed by atoms with Crippen LogP contribution < -0.4 is 5.32 Å². The molecule has 126 valence electrons. The molecule has 8 heteroatoms. The van der Waals surface area contributed by atoms with E-state index in [-0.39, 0.29) is 0 Å². The van der Waals surface area contributed by atoms with Crippen LogP contribution in [0, 0.1) is 11.3 Å². The van der Waals surface area contributed by atoms with Crippen molar-refractivity contribution >= 4 is 5.69 Å². The third-order valence-corrected chi connectivity index (χ3v) is 4.08. The highest BCUT2D eigenvalue weighted by Gasteiger charge is 2.33. The van der Waals surface area contributed by atoms with Gasteiger partial charge in [-0.1, -0.05) is 6.42 Å². The van der Waals surface area contributed by atoms with E-state index in [1.807, 2.05) is 0 Å². The predicted molar refractivity (Wildman–Crippen MR) is 81.1 cm³/mol. The molecular formula is C16H16F3N5. The number of aryl methyl sites for hydroxylation is 1. The number of fused-ring (bicyclic) bond motifs is 1. The van der Waals surface area contributed by atoms with Crippen molar-refractivity contribution in [3.63, 3.8) is 0 Å². The van der Waals surface area contributed by atoms with Crippen molar-refractivity contribution in [1.29, 1.82) is 5.26 Å². The number of hydrogen-bond acceptors (Lipinski definition) is 4. The predicted octanol–water partition coefficient (Wildman–Crippen LogP) is 3.51. The second-order valence-corrected chi connectivity index (χ2v) is 5.72. The molecule has 1 N–H and O–H groups in total. The highest BCUT2D eigenvalue weighted by atomic mass is 19.4. The standard InChI is InChI=1S/C16H16F3N5/c17-16(18,19)13-6-5-12(8-11(13)9-20)21-10-15-23-22-14-4-2-1-3-7-24(14)15/h5-6,8,21H,1-4,7,10H2. The van der Waals surface area contributed by atoms with Crippen LogP contribution in [0.3, 0.4) is 0 Å². The van der Waals surface area contributed by atoms with Crippen LogP contribution in [0.1, 0.15) is 42.0 Å². The van der Waals surface area contributed by atoms with E-state index in [0.717, 1.165) is 49.9 Å². The fourth-order valence-corrected chi connectivity index (χ4v) is 2.85. The Labute approximate surface area is 137 Å². The molecule has 0 saturated heterocycles. The van der Waals surface area contributed by atoms with Crippen LogP contribution in [0.5, 0.6) is 0 Å². The summed E-state index contributed by atoms with van der Waals surface area (Å²) in [6, 6.07) is 5.06. The van der Waals surface area contributed by atoms with Crippen LogP contribution in [0.25, 0.3) is 0 Å². The molecule has 0 radical (unpaired) electrons. The summed E-state index contributed by atoms with van der Waals surface area (Å²) in [5.41, 5.74) is -0.870. The third kappa shape index (κ3) is 3.35. The van der Waals surface area contributed by atoms with Gasteiger partial charge in [0.2, 0.25) is 0 Å². The lowest BCUT2D eigenvalue weighted by atomic mass is 10.1. The van der Waals surface area contributed by atoms with Gasteiger partial charge in [0, 0.05) is 18.7 Å². The Morgan fingerprint density at radius 3 is 2.79 bits per heavy atom. The number of anilines is 1. The number of benzene rings is 1. The fraction of sp³-hybridized carbons (Fsp3) is 0.438. The first kappa shape index (κ1) is 16.3. The van der Waals surface area contributed by atoms with Crippen LogP contribution in [0.15, 0.2) is 18.2 Å². The molecule has 24 heavy (non-hydrogen) atoms. The number of nitrogens with zero attached hydrogens (tertiary/aromatic N) is 4. The topological polar surface area (TPSA) is 66.5 Å². The van der Waals surface area contributed by atoms with Gasteiger partial charge in [0.15, 0.2) is 5.82 Å². The SMILES string of the molecule is N#Cc1cc(NCc2nnc3n2CCCCC3)ccc1C(F)(F)F. The first-order chi connectivity index (χ1) is 11.5. The number of hydrogen-bond donors (Lipinski definition) is 1. The first-order valence-corrected chi connectivity index (χ1v) is 7.75. The van der Waals surface area contributed by atoms with Gasteiger partial charge in [-0.3, -0.25) is 0 Å². The van der Waals surface area contributed by atoms with Gasteiger partial charge in [-0.2, -0.15) is 18.4 Å². The minimum absolute atomic E-state index is 0.350. The highest BCUT2D eigenvalue weighted by Crippen LogP contribution is 2.33. The highest BCUT2D eigenvalue weighted by molar-refractivity contribution is 5.53. The van der Waals surface area contributed by atoms with Gasteiger partial charge in [-0.15, -0.1) is 10.2 Å². The van der Waals surface area contributed by atoms with E-state index in [1.165, 1.54) is 12.1 Å². The van der Waals surface area contributed by atoms with Gasteiger partial charge in [0.05, 0.1) is 23.7 Å². The summed E-state index contributed by atoms with van der Waals surface area (Å²) in [4.78, 5) is 0. The smallest absolute Gasteiger partial charge is 0.378 e. The molecule has 2 heterocycles. The molecule has 0 atom stereocenters. The van der Waals surface area contributed by atoms with Gasteiger partial charge >= 0.3 is 6.18 Å². The summed E-state index contributed by atoms with van der Waals surface area (Å²) >= 11 is 0. The molecular weight excluding hydrogens is 319 g/mol. The number of halogens is 3. The lowest BCUT2D eigenvalue weighted by Crippen LogP contribution is -2.11. The Morgan fingerprint density at radius 2 is 2.04 bits per heavy atom. The van der Waals surface area contributed by atoms with Crippen molar-refractivity contribution in [2.75, 3.05) is 5.32 Å². The average Bonchev–Trinajstić information content (AvgIpc) is 2.78. The Kier molecular flexibility index (Phi) is 4.42. The summed E-state index contributed by atoms with van der Waals surface area (Å²) in [5, 5.41) is 20.3. The number of alkyl halides is 3. The maximum absolute atomic E-state index is 12.8. The normalized spacial score (nSPS) is 14.6. The summed E-state index contributed by atoms with van der Waals surface area (Å²) in [5.74, 6) is 1.71. The Morgan fingerprint density at radius 1 is 1.21 bits per heavy atom. The molecule has 0 spiro atoms. The Hall–Kier alpha value is -2.56. The quantitative estimate of drug-likeness (QED) is 0.932. The fourth-order valence-electron chi connectivity index (χ4n) is 2.85. The van der Waals surface area contributed by atoms with Crippen LogP contribution >= 0.6 is 0 Å². The second kappa shape index (κ2) is 6.51. The molecule has 1 aliphatic heterocycles. The molecule has 3 rings (SSSR count). The van der Waals surface area contributed by atoms with Crippen molar-refractivity contribution in [3.05, 3.63) is 41.0 Å². The zero-order valence-electron chi connectivity index (χ0n) is 12.9. The number of aromatic nitrogens is 3. The molecule has 2 aromatic rings. The van der Waals surface area contributed by atoms with Crippen LogP contribution in [0.2, 0.25) is 0 Å². The van der Waals surface area contributed by atoms with Crippen LogP contribution in [-0.2, 0) is 25.7 Å². The molecule has 0 fully saturated rings. The molecule has 1 aromatic carbocycles. The zero-order chi connectivity index (χ0) is 17.2. The van der Waals surface area contributed by atoms with E-state index in [4.69, 9.17) is 5.26 Å². The van der Waals surface area contributed by atoms with Crippen molar-refractivity contribution in [1.82, 2.24) is 14.8 Å². The van der Waals surface area contributed by atoms with Gasteiger partial charge in [0.1, 0.15) is 5.82 Å². The summed E-state index contributed by atoms with van der Waals surface area (Å²) in [7, 11) is 0. The number of nitrogens with one attached hydrogen (secondary N) is 1. The zero-order valence-corrected chi connectivity index (χ0v) is 12.9. The molecule has 5 nitrogen and oxygen atoms in total. The van der Waals surface area contributed by atoms with Crippen molar-refractivity contribution in [3.8, 4) is 6.07 Å². The van der Waals surface area contributed by atoms with Crippen LogP contribution in [-0.4, -0.2) is 14.8 Å². The lowest BCUT2D eigenvalue weighted by Gasteiger charge is -2.12.